The number of rotatable bonds is 6. The molecule has 0 N–H and O–H groups in total. The maximum atomic E-state index is 5.16. The van der Waals surface area contributed by atoms with Crippen LogP contribution < -0.4 is 8.35 Å². The average molecular weight is 372 g/mol. The summed E-state index contributed by atoms with van der Waals surface area (Å²) in [4.78, 5) is 1.37. The quantitative estimate of drug-likeness (QED) is 0.438. The first kappa shape index (κ1) is 13.8. The van der Waals surface area contributed by atoms with E-state index < -0.39 is 0 Å². The third-order valence-corrected chi connectivity index (χ3v) is 7.14. The Labute approximate surface area is 123 Å². The summed E-state index contributed by atoms with van der Waals surface area (Å²) in [6.45, 7) is 0. The van der Waals surface area contributed by atoms with Crippen molar-refractivity contribution in [2.24, 2.45) is 0 Å². The molecule has 0 aliphatic carbocycles. The summed E-state index contributed by atoms with van der Waals surface area (Å²) in [5, 5.41) is 0. The average Bonchev–Trinajstić information content (AvgIpc) is 2.45. The fraction of sp³-hybridized carbons (Fsp3) is 0.200. The monoisotopic (exact) mass is 374 g/mol. The topological polar surface area (TPSA) is 9.23 Å². The van der Waals surface area contributed by atoms with Crippen molar-refractivity contribution < 1.29 is 4.74 Å². The summed E-state index contributed by atoms with van der Waals surface area (Å²) < 4.78 is 8.00. The molecule has 94 valence electrons. The Hall–Kier alpha value is -0.620. The van der Waals surface area contributed by atoms with E-state index in [9.17, 15) is 0 Å². The van der Waals surface area contributed by atoms with Gasteiger partial charge in [0.1, 0.15) is 0 Å². The molecule has 0 saturated carbocycles. The molecule has 2 aromatic carbocycles. The number of benzene rings is 2. The van der Waals surface area contributed by atoms with Crippen molar-refractivity contribution >= 4 is 36.3 Å². The van der Waals surface area contributed by atoms with Gasteiger partial charge in [-0.25, -0.2) is 0 Å². The minimum absolute atomic E-state index is 0.0469. The van der Waals surface area contributed by atoms with Gasteiger partial charge in [0.2, 0.25) is 0 Å². The van der Waals surface area contributed by atoms with Crippen LogP contribution in [0.1, 0.15) is 0 Å². The van der Waals surface area contributed by atoms with E-state index in [1.165, 1.54) is 18.7 Å². The van der Waals surface area contributed by atoms with Crippen LogP contribution in [0.25, 0.3) is 0 Å². The number of hydrogen-bond donors (Lipinski definition) is 0. The SMILES string of the molecule is COc1ccc([Te]CCSc2ccccc2)cc1. The summed E-state index contributed by atoms with van der Waals surface area (Å²) in [5.41, 5.74) is 0. The first-order valence-corrected chi connectivity index (χ1v) is 9.63. The molecule has 3 heteroatoms. The molecular weight excluding hydrogens is 356 g/mol. The van der Waals surface area contributed by atoms with Crippen LogP contribution in [-0.2, 0) is 0 Å². The predicted molar refractivity (Wildman–Crippen MR) is 80.4 cm³/mol. The summed E-state index contributed by atoms with van der Waals surface area (Å²) in [7, 11) is 1.71. The van der Waals surface area contributed by atoms with Gasteiger partial charge in [0.15, 0.2) is 0 Å². The van der Waals surface area contributed by atoms with Crippen LogP contribution in [-0.4, -0.2) is 33.8 Å². The van der Waals surface area contributed by atoms with E-state index in [-0.39, 0.29) is 20.9 Å². The minimum atomic E-state index is -0.0469. The van der Waals surface area contributed by atoms with Gasteiger partial charge in [0.25, 0.3) is 0 Å². The molecule has 0 unspecified atom stereocenters. The first-order chi connectivity index (χ1) is 8.88. The summed E-state index contributed by atoms with van der Waals surface area (Å²) in [6, 6.07) is 19.1. The third-order valence-electron chi connectivity index (χ3n) is 2.42. The van der Waals surface area contributed by atoms with Crippen molar-refractivity contribution in [3.05, 3.63) is 54.6 Å². The van der Waals surface area contributed by atoms with Gasteiger partial charge in [-0.2, -0.15) is 0 Å². The van der Waals surface area contributed by atoms with Crippen LogP contribution >= 0.6 is 11.8 Å². The van der Waals surface area contributed by atoms with Crippen molar-refractivity contribution in [2.45, 2.75) is 9.36 Å². The van der Waals surface area contributed by atoms with Crippen LogP contribution in [0, 0.1) is 0 Å². The normalized spacial score (nSPS) is 10.3. The van der Waals surface area contributed by atoms with Crippen LogP contribution in [0.2, 0.25) is 4.47 Å². The van der Waals surface area contributed by atoms with Gasteiger partial charge in [0.05, 0.1) is 0 Å². The van der Waals surface area contributed by atoms with Gasteiger partial charge in [0, 0.05) is 0 Å². The fourth-order valence-corrected chi connectivity index (χ4v) is 5.30. The Balaban J connectivity index is 1.72. The Morgan fingerprint density at radius 3 is 2.39 bits per heavy atom. The summed E-state index contributed by atoms with van der Waals surface area (Å²) >= 11 is 1.91. The molecule has 0 aliphatic rings. The molecule has 1 nitrogen and oxygen atoms in total. The van der Waals surface area contributed by atoms with E-state index in [1.807, 2.05) is 11.8 Å². The molecular formula is C15H16OSTe. The van der Waals surface area contributed by atoms with E-state index in [0.717, 1.165) is 5.75 Å². The molecule has 0 heterocycles. The molecule has 18 heavy (non-hydrogen) atoms. The molecule has 0 atom stereocenters. The zero-order valence-corrected chi connectivity index (χ0v) is 13.5. The molecule has 0 saturated heterocycles. The van der Waals surface area contributed by atoms with Crippen molar-refractivity contribution in [3.8, 4) is 5.75 Å². The summed E-state index contributed by atoms with van der Waals surface area (Å²) in [5.74, 6) is 2.17. The molecule has 2 aromatic rings. The first-order valence-electron chi connectivity index (χ1n) is 5.83. The Kier molecular flexibility index (Phi) is 5.93. The van der Waals surface area contributed by atoms with Crippen LogP contribution in [0.5, 0.6) is 5.75 Å². The Morgan fingerprint density at radius 2 is 1.72 bits per heavy atom. The van der Waals surface area contributed by atoms with Crippen molar-refractivity contribution in [3.63, 3.8) is 0 Å². The van der Waals surface area contributed by atoms with Crippen LogP contribution in [0.3, 0.4) is 0 Å². The predicted octanol–water partition coefficient (Wildman–Crippen LogP) is 3.24. The zero-order valence-electron chi connectivity index (χ0n) is 10.3. The van der Waals surface area contributed by atoms with E-state index >= 15 is 0 Å². The van der Waals surface area contributed by atoms with Crippen LogP contribution in [0.15, 0.2) is 59.5 Å². The molecule has 0 amide bonds. The molecule has 0 aromatic heterocycles. The zero-order chi connectivity index (χ0) is 12.6. The standard InChI is InChI=1S/C15H16OSTe/c1-16-13-7-9-15(10-8-13)18-12-11-17-14-5-3-2-4-6-14/h2-10H,11-12H2,1H3. The fourth-order valence-electron chi connectivity index (χ4n) is 1.51. The molecule has 0 fully saturated rings. The van der Waals surface area contributed by atoms with Crippen molar-refractivity contribution in [1.82, 2.24) is 0 Å². The number of methoxy groups -OCH3 is 1. The summed E-state index contributed by atoms with van der Waals surface area (Å²) in [6.07, 6.45) is 0. The second-order valence-corrected chi connectivity index (χ2v) is 8.19. The van der Waals surface area contributed by atoms with Gasteiger partial charge >= 0.3 is 124 Å². The van der Waals surface area contributed by atoms with Gasteiger partial charge in [-0.15, -0.1) is 0 Å². The molecule has 0 radical (unpaired) electrons. The molecule has 0 bridgehead atoms. The molecule has 0 aliphatic heterocycles. The van der Waals surface area contributed by atoms with Gasteiger partial charge < -0.3 is 0 Å². The van der Waals surface area contributed by atoms with Crippen molar-refractivity contribution in [1.29, 1.82) is 0 Å². The molecule has 0 spiro atoms. The second kappa shape index (κ2) is 7.74. The number of hydrogen-bond acceptors (Lipinski definition) is 2. The Bertz CT molecular complexity index is 456. The van der Waals surface area contributed by atoms with Crippen molar-refractivity contribution in [2.75, 3.05) is 12.9 Å². The van der Waals surface area contributed by atoms with E-state index in [4.69, 9.17) is 4.74 Å². The third kappa shape index (κ3) is 4.57. The van der Waals surface area contributed by atoms with E-state index in [1.54, 1.807) is 7.11 Å². The number of thioether (sulfide) groups is 1. The van der Waals surface area contributed by atoms with Gasteiger partial charge in [-0.1, -0.05) is 0 Å². The molecule has 2 rings (SSSR count). The van der Waals surface area contributed by atoms with E-state index in [2.05, 4.69) is 54.6 Å². The maximum absolute atomic E-state index is 5.16. The van der Waals surface area contributed by atoms with E-state index in [0.29, 0.717) is 0 Å². The van der Waals surface area contributed by atoms with Gasteiger partial charge in [-0.05, 0) is 0 Å². The Morgan fingerprint density at radius 1 is 1.00 bits per heavy atom. The second-order valence-electron chi connectivity index (χ2n) is 3.69. The van der Waals surface area contributed by atoms with Crippen LogP contribution in [0.4, 0.5) is 0 Å². The van der Waals surface area contributed by atoms with Gasteiger partial charge in [-0.3, -0.25) is 0 Å². The number of ether oxygens (including phenoxy) is 1.